The molecule has 0 spiro atoms. The van der Waals surface area contributed by atoms with Crippen molar-refractivity contribution in [2.24, 2.45) is 0 Å². The Balaban J connectivity index is 2.05. The van der Waals surface area contributed by atoms with E-state index in [4.69, 9.17) is 4.74 Å². The van der Waals surface area contributed by atoms with Crippen molar-refractivity contribution in [2.75, 3.05) is 12.9 Å². The van der Waals surface area contributed by atoms with Crippen LogP contribution in [-0.4, -0.2) is 18.6 Å². The lowest BCUT2D eigenvalue weighted by Gasteiger charge is -2.33. The van der Waals surface area contributed by atoms with Gasteiger partial charge in [-0.15, -0.1) is 11.8 Å². The van der Waals surface area contributed by atoms with E-state index in [0.29, 0.717) is 0 Å². The Morgan fingerprint density at radius 3 is 2.60 bits per heavy atom. The summed E-state index contributed by atoms with van der Waals surface area (Å²) >= 11 is 1.72. The molecule has 0 N–H and O–H groups in total. The van der Waals surface area contributed by atoms with Gasteiger partial charge in [-0.1, -0.05) is 30.3 Å². The normalized spacial score (nSPS) is 21.4. The molecule has 20 heavy (non-hydrogen) atoms. The van der Waals surface area contributed by atoms with Gasteiger partial charge in [0.2, 0.25) is 0 Å². The summed E-state index contributed by atoms with van der Waals surface area (Å²) in [5.74, 6) is 1.75. The Hall–Kier alpha value is -1.74. The lowest BCUT2D eigenvalue weighted by atomic mass is 9.77. The Labute approximate surface area is 123 Å². The summed E-state index contributed by atoms with van der Waals surface area (Å²) < 4.78 is 5.23. The average Bonchev–Trinajstić information content (AvgIpc) is 2.51. The number of fused-ring (bicyclic) bond motifs is 1. The average molecular weight is 284 g/mol. The van der Waals surface area contributed by atoms with Crippen LogP contribution in [0.25, 0.3) is 0 Å². The van der Waals surface area contributed by atoms with Crippen molar-refractivity contribution in [1.82, 2.24) is 0 Å². The fraction of sp³-hybridized carbons (Fsp3) is 0.235. The number of carbonyl (C=O) groups excluding carboxylic acids is 1. The molecule has 0 saturated carbocycles. The van der Waals surface area contributed by atoms with Gasteiger partial charge < -0.3 is 4.74 Å². The van der Waals surface area contributed by atoms with Crippen molar-refractivity contribution in [1.29, 1.82) is 0 Å². The van der Waals surface area contributed by atoms with Crippen LogP contribution in [0.15, 0.2) is 53.4 Å². The number of thioether (sulfide) groups is 1. The van der Waals surface area contributed by atoms with E-state index in [1.54, 1.807) is 18.9 Å². The summed E-state index contributed by atoms with van der Waals surface area (Å²) in [4.78, 5) is 13.9. The van der Waals surface area contributed by atoms with Gasteiger partial charge in [0.15, 0.2) is 5.78 Å². The summed E-state index contributed by atoms with van der Waals surface area (Å²) in [5, 5.41) is 0. The molecule has 1 unspecified atom stereocenters. The smallest absolute Gasteiger partial charge is 0.175 e. The van der Waals surface area contributed by atoms with Crippen molar-refractivity contribution >= 4 is 17.5 Å². The predicted octanol–water partition coefficient (Wildman–Crippen LogP) is 3.94. The molecule has 0 bridgehead atoms. The molecule has 2 aromatic carbocycles. The van der Waals surface area contributed by atoms with E-state index in [0.717, 1.165) is 27.5 Å². The standard InChI is InChI=1S/C17H16O2S/c1-17(12-6-4-3-5-7-12)11-20-15-10-13(19-2)8-9-14(15)16(17)18/h3-10H,11H2,1-2H3. The number of carbonyl (C=O) groups is 1. The number of Topliss-reactive ketones (excluding diaryl/α,β-unsaturated/α-hetero) is 1. The molecule has 1 aliphatic rings. The van der Waals surface area contributed by atoms with Gasteiger partial charge in [0, 0.05) is 16.2 Å². The number of methoxy groups -OCH3 is 1. The second-order valence-electron chi connectivity index (χ2n) is 5.18. The van der Waals surface area contributed by atoms with Gasteiger partial charge in [-0.3, -0.25) is 4.79 Å². The zero-order valence-electron chi connectivity index (χ0n) is 11.6. The lowest BCUT2D eigenvalue weighted by Crippen LogP contribution is -2.38. The molecule has 1 aliphatic heterocycles. The summed E-state index contributed by atoms with van der Waals surface area (Å²) in [7, 11) is 1.64. The van der Waals surface area contributed by atoms with Crippen LogP contribution in [0.1, 0.15) is 22.8 Å². The van der Waals surface area contributed by atoms with Gasteiger partial charge in [-0.25, -0.2) is 0 Å². The van der Waals surface area contributed by atoms with Gasteiger partial charge in [0.25, 0.3) is 0 Å². The number of benzene rings is 2. The third-order valence-corrected chi connectivity index (χ3v) is 5.23. The number of rotatable bonds is 2. The molecule has 102 valence electrons. The third kappa shape index (κ3) is 2.02. The van der Waals surface area contributed by atoms with Gasteiger partial charge in [-0.2, -0.15) is 0 Å². The van der Waals surface area contributed by atoms with Crippen LogP contribution in [0.5, 0.6) is 5.75 Å². The molecule has 3 rings (SSSR count). The number of ketones is 1. The van der Waals surface area contributed by atoms with E-state index >= 15 is 0 Å². The number of hydrogen-bond donors (Lipinski definition) is 0. The van der Waals surface area contributed by atoms with Crippen LogP contribution in [0.2, 0.25) is 0 Å². The maximum absolute atomic E-state index is 12.9. The Bertz CT molecular complexity index is 651. The number of hydrogen-bond acceptors (Lipinski definition) is 3. The van der Waals surface area contributed by atoms with Crippen LogP contribution >= 0.6 is 11.8 Å². The number of ether oxygens (including phenoxy) is 1. The molecule has 1 heterocycles. The van der Waals surface area contributed by atoms with Crippen LogP contribution in [0.4, 0.5) is 0 Å². The summed E-state index contributed by atoms with van der Waals surface area (Å²) in [6.45, 7) is 2.03. The Kier molecular flexibility index (Phi) is 3.30. The quantitative estimate of drug-likeness (QED) is 0.835. The second-order valence-corrected chi connectivity index (χ2v) is 6.20. The predicted molar refractivity (Wildman–Crippen MR) is 81.8 cm³/mol. The zero-order chi connectivity index (χ0) is 14.2. The minimum Gasteiger partial charge on any atom is -0.497 e. The van der Waals surface area contributed by atoms with E-state index in [1.807, 2.05) is 55.5 Å². The summed E-state index contributed by atoms with van der Waals surface area (Å²) in [6.07, 6.45) is 0. The summed E-state index contributed by atoms with van der Waals surface area (Å²) in [5.41, 5.74) is 1.43. The van der Waals surface area contributed by atoms with Crippen LogP contribution in [0.3, 0.4) is 0 Å². The van der Waals surface area contributed by atoms with E-state index in [-0.39, 0.29) is 5.78 Å². The molecule has 0 aromatic heterocycles. The van der Waals surface area contributed by atoms with Crippen molar-refractivity contribution in [2.45, 2.75) is 17.2 Å². The van der Waals surface area contributed by atoms with E-state index in [1.165, 1.54) is 0 Å². The largest absolute Gasteiger partial charge is 0.497 e. The molecule has 0 radical (unpaired) electrons. The first kappa shape index (κ1) is 13.3. The van der Waals surface area contributed by atoms with E-state index in [2.05, 4.69) is 0 Å². The third-order valence-electron chi connectivity index (χ3n) is 3.86. The van der Waals surface area contributed by atoms with E-state index in [9.17, 15) is 4.79 Å². The molecule has 1 atom stereocenters. The topological polar surface area (TPSA) is 26.3 Å². The molecule has 0 amide bonds. The maximum atomic E-state index is 12.9. The monoisotopic (exact) mass is 284 g/mol. The highest BCUT2D eigenvalue weighted by Gasteiger charge is 2.40. The van der Waals surface area contributed by atoms with Gasteiger partial charge in [0.05, 0.1) is 12.5 Å². The maximum Gasteiger partial charge on any atom is 0.175 e. The van der Waals surface area contributed by atoms with Crippen LogP contribution in [0, 0.1) is 0 Å². The molecule has 2 nitrogen and oxygen atoms in total. The fourth-order valence-electron chi connectivity index (χ4n) is 2.54. The van der Waals surface area contributed by atoms with Crippen molar-refractivity contribution < 1.29 is 9.53 Å². The first-order valence-electron chi connectivity index (χ1n) is 6.56. The highest BCUT2D eigenvalue weighted by atomic mass is 32.2. The highest BCUT2D eigenvalue weighted by Crippen LogP contribution is 2.42. The molecule has 3 heteroatoms. The van der Waals surface area contributed by atoms with Crippen molar-refractivity contribution in [3.63, 3.8) is 0 Å². The van der Waals surface area contributed by atoms with Crippen molar-refractivity contribution in [3.05, 3.63) is 59.7 Å². The first-order chi connectivity index (χ1) is 9.65. The zero-order valence-corrected chi connectivity index (χ0v) is 12.4. The summed E-state index contributed by atoms with van der Waals surface area (Å²) in [6, 6.07) is 15.7. The molecule has 2 aromatic rings. The molecule has 0 fully saturated rings. The molecular weight excluding hydrogens is 268 g/mol. The highest BCUT2D eigenvalue weighted by molar-refractivity contribution is 7.99. The Morgan fingerprint density at radius 1 is 1.15 bits per heavy atom. The molecule has 0 aliphatic carbocycles. The fourth-order valence-corrected chi connectivity index (χ4v) is 3.80. The van der Waals surface area contributed by atoms with Gasteiger partial charge >= 0.3 is 0 Å². The SMILES string of the molecule is COc1ccc2c(c1)SCC(C)(c1ccccc1)C2=O. The van der Waals surface area contributed by atoms with E-state index < -0.39 is 5.41 Å². The molecular formula is C17H16O2S. The van der Waals surface area contributed by atoms with Crippen LogP contribution < -0.4 is 4.74 Å². The second kappa shape index (κ2) is 4.98. The van der Waals surface area contributed by atoms with Gasteiger partial charge in [-0.05, 0) is 30.7 Å². The van der Waals surface area contributed by atoms with Crippen molar-refractivity contribution in [3.8, 4) is 5.75 Å². The minimum atomic E-state index is -0.451. The first-order valence-corrected chi connectivity index (χ1v) is 7.55. The Morgan fingerprint density at radius 2 is 1.90 bits per heavy atom. The molecule has 0 saturated heterocycles. The minimum absolute atomic E-state index is 0.195. The van der Waals surface area contributed by atoms with Gasteiger partial charge in [0.1, 0.15) is 5.75 Å². The van der Waals surface area contributed by atoms with Crippen LogP contribution in [-0.2, 0) is 5.41 Å². The lowest BCUT2D eigenvalue weighted by molar-refractivity contribution is 0.0906.